The van der Waals surface area contributed by atoms with Crippen molar-refractivity contribution in [2.24, 2.45) is 0 Å². The molecular weight excluding hydrogens is 316 g/mol. The molecule has 0 aliphatic carbocycles. The third-order valence-corrected chi connectivity index (χ3v) is 3.77. The van der Waals surface area contributed by atoms with E-state index in [4.69, 9.17) is 4.74 Å². The quantitative estimate of drug-likeness (QED) is 0.576. The molecule has 0 spiro atoms. The van der Waals surface area contributed by atoms with Crippen LogP contribution in [0.5, 0.6) is 0 Å². The van der Waals surface area contributed by atoms with Crippen LogP contribution in [0.1, 0.15) is 17.3 Å². The predicted octanol–water partition coefficient (Wildman–Crippen LogP) is 2.94. The Bertz CT molecular complexity index is 921. The lowest BCUT2D eigenvalue weighted by atomic mass is 10.1. The molecular formula is C20H19N2O3+. The van der Waals surface area contributed by atoms with Crippen molar-refractivity contribution in [2.75, 3.05) is 11.9 Å². The van der Waals surface area contributed by atoms with Crippen molar-refractivity contribution in [2.45, 2.75) is 13.5 Å². The zero-order valence-corrected chi connectivity index (χ0v) is 13.9. The Balaban J connectivity index is 1.75. The number of hydrogen-bond donors (Lipinski definition) is 1. The minimum atomic E-state index is -0.447. The maximum Gasteiger partial charge on any atom is 0.340 e. The van der Waals surface area contributed by atoms with Crippen LogP contribution in [0.25, 0.3) is 10.8 Å². The van der Waals surface area contributed by atoms with E-state index in [1.165, 1.54) is 0 Å². The summed E-state index contributed by atoms with van der Waals surface area (Å²) < 4.78 is 6.83. The minimum absolute atomic E-state index is 0.155. The molecule has 1 aromatic heterocycles. The Morgan fingerprint density at radius 2 is 1.72 bits per heavy atom. The van der Waals surface area contributed by atoms with Crippen LogP contribution in [0.3, 0.4) is 0 Å². The highest BCUT2D eigenvalue weighted by Gasteiger charge is 2.16. The molecule has 25 heavy (non-hydrogen) atoms. The number of ether oxygens (including phenoxy) is 1. The summed E-state index contributed by atoms with van der Waals surface area (Å²) in [6.07, 6.45) is 3.78. The summed E-state index contributed by atoms with van der Waals surface area (Å²) in [4.78, 5) is 24.3. The van der Waals surface area contributed by atoms with Gasteiger partial charge in [0, 0.05) is 11.5 Å². The van der Waals surface area contributed by atoms with Crippen LogP contribution in [0.2, 0.25) is 0 Å². The number of para-hydroxylation sites is 1. The molecule has 0 atom stereocenters. The van der Waals surface area contributed by atoms with Gasteiger partial charge in [0.15, 0.2) is 12.4 Å². The summed E-state index contributed by atoms with van der Waals surface area (Å²) in [5.41, 5.74) is 0.800. The van der Waals surface area contributed by atoms with Gasteiger partial charge in [0.25, 0.3) is 5.91 Å². The van der Waals surface area contributed by atoms with Crippen LogP contribution >= 0.6 is 0 Å². The van der Waals surface area contributed by atoms with E-state index in [1.54, 1.807) is 31.2 Å². The molecule has 0 bridgehead atoms. The Morgan fingerprint density at radius 3 is 2.52 bits per heavy atom. The van der Waals surface area contributed by atoms with Crippen molar-refractivity contribution in [3.05, 3.63) is 72.6 Å². The molecule has 0 radical (unpaired) electrons. The lowest BCUT2D eigenvalue weighted by molar-refractivity contribution is -0.682. The number of nitrogens with zero attached hydrogens (tertiary/aromatic N) is 1. The lowest BCUT2D eigenvalue weighted by Crippen LogP contribution is -2.39. The molecule has 3 aromatic rings. The van der Waals surface area contributed by atoms with Gasteiger partial charge < -0.3 is 10.1 Å². The van der Waals surface area contributed by atoms with E-state index in [-0.39, 0.29) is 19.1 Å². The highest BCUT2D eigenvalue weighted by Crippen LogP contribution is 2.16. The number of rotatable bonds is 5. The number of esters is 1. The van der Waals surface area contributed by atoms with Gasteiger partial charge in [0.1, 0.15) is 0 Å². The van der Waals surface area contributed by atoms with Crippen molar-refractivity contribution in [3.63, 3.8) is 0 Å². The van der Waals surface area contributed by atoms with Crippen LogP contribution in [-0.2, 0) is 16.1 Å². The largest absolute Gasteiger partial charge is 0.462 e. The second-order valence-electron chi connectivity index (χ2n) is 5.56. The molecule has 0 aliphatic heterocycles. The van der Waals surface area contributed by atoms with Crippen molar-refractivity contribution in [3.8, 4) is 0 Å². The van der Waals surface area contributed by atoms with Crippen LogP contribution in [-0.4, -0.2) is 18.5 Å². The first-order valence-electron chi connectivity index (χ1n) is 8.11. The fraction of sp³-hybridized carbons (Fsp3) is 0.150. The summed E-state index contributed by atoms with van der Waals surface area (Å²) in [5, 5.41) is 4.96. The molecule has 5 nitrogen and oxygen atoms in total. The Labute approximate surface area is 145 Å². The Morgan fingerprint density at radius 1 is 1.00 bits per heavy atom. The summed E-state index contributed by atoms with van der Waals surface area (Å²) >= 11 is 0. The van der Waals surface area contributed by atoms with Gasteiger partial charge in [0.2, 0.25) is 6.54 Å². The number of amides is 1. The summed E-state index contributed by atoms with van der Waals surface area (Å²) in [6.45, 7) is 2.19. The first-order valence-corrected chi connectivity index (χ1v) is 8.11. The average molecular weight is 335 g/mol. The molecule has 0 saturated carbocycles. The van der Waals surface area contributed by atoms with E-state index in [2.05, 4.69) is 5.32 Å². The van der Waals surface area contributed by atoms with Crippen LogP contribution < -0.4 is 9.88 Å². The highest BCUT2D eigenvalue weighted by molar-refractivity contribution is 6.01. The molecule has 2 aromatic carbocycles. The maximum absolute atomic E-state index is 12.4. The summed E-state index contributed by atoms with van der Waals surface area (Å²) in [7, 11) is 0. The van der Waals surface area contributed by atoms with Gasteiger partial charge in [-0.2, -0.15) is 4.57 Å². The van der Waals surface area contributed by atoms with Gasteiger partial charge in [-0.3, -0.25) is 4.79 Å². The molecule has 0 unspecified atom stereocenters. The first-order chi connectivity index (χ1) is 12.2. The molecule has 0 saturated heterocycles. The fourth-order valence-corrected chi connectivity index (χ4v) is 2.61. The monoisotopic (exact) mass is 335 g/mol. The zero-order valence-electron chi connectivity index (χ0n) is 13.9. The Hall–Kier alpha value is -3.21. The fourth-order valence-electron chi connectivity index (χ4n) is 2.61. The molecule has 1 amide bonds. The van der Waals surface area contributed by atoms with Crippen LogP contribution in [0, 0.1) is 0 Å². The minimum Gasteiger partial charge on any atom is -0.462 e. The van der Waals surface area contributed by atoms with Gasteiger partial charge in [-0.25, -0.2) is 4.79 Å². The molecule has 3 rings (SSSR count). The van der Waals surface area contributed by atoms with Crippen LogP contribution in [0.4, 0.5) is 5.69 Å². The number of hydrogen-bond acceptors (Lipinski definition) is 3. The van der Waals surface area contributed by atoms with E-state index < -0.39 is 5.97 Å². The number of nitrogens with one attached hydrogen (secondary N) is 1. The summed E-state index contributed by atoms with van der Waals surface area (Å²) in [6, 6.07) is 16.8. The second kappa shape index (κ2) is 7.57. The van der Waals surface area contributed by atoms with Gasteiger partial charge in [-0.05, 0) is 30.5 Å². The number of pyridine rings is 1. The molecule has 1 N–H and O–H groups in total. The number of anilines is 1. The van der Waals surface area contributed by atoms with Gasteiger partial charge >= 0.3 is 5.97 Å². The first kappa shape index (κ1) is 16.6. The number of fused-ring (bicyclic) bond motifs is 1. The van der Waals surface area contributed by atoms with Crippen molar-refractivity contribution >= 4 is 28.3 Å². The van der Waals surface area contributed by atoms with Gasteiger partial charge in [-0.15, -0.1) is 0 Å². The topological polar surface area (TPSA) is 59.3 Å². The molecule has 0 fully saturated rings. The van der Waals surface area contributed by atoms with E-state index in [0.29, 0.717) is 11.3 Å². The molecule has 0 aliphatic rings. The van der Waals surface area contributed by atoms with Crippen molar-refractivity contribution in [1.82, 2.24) is 0 Å². The number of aromatic nitrogens is 1. The average Bonchev–Trinajstić information content (AvgIpc) is 2.62. The second-order valence-corrected chi connectivity index (χ2v) is 5.56. The molecule has 126 valence electrons. The van der Waals surface area contributed by atoms with E-state index in [0.717, 1.165) is 10.8 Å². The highest BCUT2D eigenvalue weighted by atomic mass is 16.5. The summed E-state index contributed by atoms with van der Waals surface area (Å²) in [5.74, 6) is -0.659. The van der Waals surface area contributed by atoms with E-state index >= 15 is 0 Å². The molecule has 1 heterocycles. The van der Waals surface area contributed by atoms with Crippen molar-refractivity contribution < 1.29 is 18.9 Å². The zero-order chi connectivity index (χ0) is 17.6. The molecule has 5 heteroatoms. The van der Waals surface area contributed by atoms with E-state index in [9.17, 15) is 9.59 Å². The van der Waals surface area contributed by atoms with Crippen molar-refractivity contribution in [1.29, 1.82) is 0 Å². The maximum atomic E-state index is 12.4. The predicted molar refractivity (Wildman–Crippen MR) is 95.2 cm³/mol. The third-order valence-electron chi connectivity index (χ3n) is 3.77. The number of carbonyl (C=O) groups excluding carboxylic acids is 2. The van der Waals surface area contributed by atoms with E-state index in [1.807, 2.05) is 47.3 Å². The van der Waals surface area contributed by atoms with Gasteiger partial charge in [0.05, 0.1) is 17.9 Å². The standard InChI is InChI=1S/C20H18N2O3/c1-2-25-20(24)17-9-5-6-10-18(17)21-19(23)14-22-12-11-15-7-3-4-8-16(15)13-22/h3-13H,2,14H2,1H3/p+1. The SMILES string of the molecule is CCOC(=O)c1ccccc1NC(=O)C[n+]1ccc2ccccc2c1. The Kier molecular flexibility index (Phi) is 5.04. The third kappa shape index (κ3) is 4.01. The number of carbonyl (C=O) groups is 2. The number of benzene rings is 2. The smallest absolute Gasteiger partial charge is 0.340 e. The van der Waals surface area contributed by atoms with Crippen LogP contribution in [0.15, 0.2) is 67.0 Å². The normalized spacial score (nSPS) is 10.4. The van der Waals surface area contributed by atoms with Gasteiger partial charge in [-0.1, -0.05) is 30.3 Å². The lowest BCUT2D eigenvalue weighted by Gasteiger charge is -2.09.